The SMILES string of the molecule is CC[C@H](Oc1cccc(C)c1C)C(=O)NCCCN1CCCc2ccccc21. The van der Waals surface area contributed by atoms with Crippen LogP contribution in [0, 0.1) is 13.8 Å². The minimum atomic E-state index is -0.448. The molecular weight excluding hydrogens is 348 g/mol. The Morgan fingerprint density at radius 1 is 1.18 bits per heavy atom. The monoisotopic (exact) mass is 380 g/mol. The highest BCUT2D eigenvalue weighted by atomic mass is 16.5. The smallest absolute Gasteiger partial charge is 0.261 e. The summed E-state index contributed by atoms with van der Waals surface area (Å²) in [6, 6.07) is 14.6. The number of carbonyl (C=O) groups is 1. The van der Waals surface area contributed by atoms with Crippen molar-refractivity contribution in [3.8, 4) is 5.75 Å². The van der Waals surface area contributed by atoms with E-state index in [1.165, 1.54) is 23.2 Å². The van der Waals surface area contributed by atoms with Gasteiger partial charge < -0.3 is 15.0 Å². The molecule has 0 aliphatic carbocycles. The Morgan fingerprint density at radius 2 is 2.00 bits per heavy atom. The molecule has 0 radical (unpaired) electrons. The molecule has 0 bridgehead atoms. The minimum Gasteiger partial charge on any atom is -0.480 e. The van der Waals surface area contributed by atoms with Crippen molar-refractivity contribution in [3.63, 3.8) is 0 Å². The molecule has 2 aromatic carbocycles. The van der Waals surface area contributed by atoms with E-state index in [-0.39, 0.29) is 5.91 Å². The lowest BCUT2D eigenvalue weighted by molar-refractivity contribution is -0.128. The van der Waals surface area contributed by atoms with E-state index in [1.807, 2.05) is 26.0 Å². The van der Waals surface area contributed by atoms with Gasteiger partial charge in [-0.25, -0.2) is 0 Å². The number of aryl methyl sites for hydroxylation is 2. The molecule has 1 N–H and O–H groups in total. The van der Waals surface area contributed by atoms with Crippen molar-refractivity contribution in [1.82, 2.24) is 5.32 Å². The third-order valence-electron chi connectivity index (χ3n) is 5.60. The average molecular weight is 381 g/mol. The molecule has 3 rings (SSSR count). The molecule has 4 heteroatoms. The van der Waals surface area contributed by atoms with Gasteiger partial charge in [0.25, 0.3) is 5.91 Å². The maximum Gasteiger partial charge on any atom is 0.261 e. The summed E-state index contributed by atoms with van der Waals surface area (Å²) in [4.78, 5) is 15.0. The van der Waals surface area contributed by atoms with E-state index in [0.29, 0.717) is 13.0 Å². The lowest BCUT2D eigenvalue weighted by Gasteiger charge is -2.31. The Hall–Kier alpha value is -2.49. The van der Waals surface area contributed by atoms with Gasteiger partial charge in [-0.05, 0) is 68.4 Å². The van der Waals surface area contributed by atoms with E-state index >= 15 is 0 Å². The summed E-state index contributed by atoms with van der Waals surface area (Å²) < 4.78 is 6.01. The zero-order valence-corrected chi connectivity index (χ0v) is 17.3. The van der Waals surface area contributed by atoms with Gasteiger partial charge in [-0.3, -0.25) is 4.79 Å². The van der Waals surface area contributed by atoms with E-state index in [2.05, 4.69) is 47.5 Å². The van der Waals surface area contributed by atoms with Gasteiger partial charge in [0, 0.05) is 25.3 Å². The van der Waals surface area contributed by atoms with Gasteiger partial charge in [0.1, 0.15) is 5.75 Å². The van der Waals surface area contributed by atoms with Crippen molar-refractivity contribution in [1.29, 1.82) is 0 Å². The van der Waals surface area contributed by atoms with E-state index in [4.69, 9.17) is 4.74 Å². The predicted octanol–water partition coefficient (Wildman–Crippen LogP) is 4.42. The fraction of sp³-hybridized carbons (Fsp3) is 0.458. The third kappa shape index (κ3) is 4.86. The first kappa shape index (κ1) is 20.2. The van der Waals surface area contributed by atoms with Crippen LogP contribution in [-0.4, -0.2) is 31.6 Å². The quantitative estimate of drug-likeness (QED) is 0.689. The van der Waals surface area contributed by atoms with Gasteiger partial charge in [-0.1, -0.05) is 37.3 Å². The average Bonchev–Trinajstić information content (AvgIpc) is 2.72. The number of amides is 1. The number of hydrogen-bond donors (Lipinski definition) is 1. The third-order valence-corrected chi connectivity index (χ3v) is 5.60. The number of rotatable bonds is 8. The lowest BCUT2D eigenvalue weighted by atomic mass is 10.0. The van der Waals surface area contributed by atoms with Crippen LogP contribution in [0.2, 0.25) is 0 Å². The Balaban J connectivity index is 1.48. The van der Waals surface area contributed by atoms with Crippen LogP contribution in [0.1, 0.15) is 42.9 Å². The number of fused-ring (bicyclic) bond motifs is 1. The highest BCUT2D eigenvalue weighted by Gasteiger charge is 2.20. The molecule has 2 aromatic rings. The van der Waals surface area contributed by atoms with Gasteiger partial charge in [0.15, 0.2) is 6.10 Å². The van der Waals surface area contributed by atoms with Crippen LogP contribution in [0.4, 0.5) is 5.69 Å². The molecule has 0 fully saturated rings. The molecule has 0 saturated carbocycles. The largest absolute Gasteiger partial charge is 0.480 e. The van der Waals surface area contributed by atoms with Gasteiger partial charge in [0.2, 0.25) is 0 Å². The highest BCUT2D eigenvalue weighted by molar-refractivity contribution is 5.81. The number of ether oxygens (including phenoxy) is 1. The first-order chi connectivity index (χ1) is 13.6. The summed E-state index contributed by atoms with van der Waals surface area (Å²) in [5.41, 5.74) is 5.06. The van der Waals surface area contributed by atoms with Crippen LogP contribution in [0.25, 0.3) is 0 Å². The van der Waals surface area contributed by atoms with Crippen LogP contribution < -0.4 is 15.0 Å². The molecule has 1 aliphatic rings. The molecule has 4 nitrogen and oxygen atoms in total. The highest BCUT2D eigenvalue weighted by Crippen LogP contribution is 2.26. The topological polar surface area (TPSA) is 41.6 Å². The first-order valence-corrected chi connectivity index (χ1v) is 10.4. The summed E-state index contributed by atoms with van der Waals surface area (Å²) in [6.07, 6.45) is 3.50. The molecule has 0 aromatic heterocycles. The van der Waals surface area contributed by atoms with E-state index in [9.17, 15) is 4.79 Å². The first-order valence-electron chi connectivity index (χ1n) is 10.4. The summed E-state index contributed by atoms with van der Waals surface area (Å²) in [5, 5.41) is 3.06. The zero-order valence-electron chi connectivity index (χ0n) is 17.3. The van der Waals surface area contributed by atoms with Crippen LogP contribution >= 0.6 is 0 Å². The van der Waals surface area contributed by atoms with Crippen molar-refractivity contribution < 1.29 is 9.53 Å². The second-order valence-electron chi connectivity index (χ2n) is 7.58. The molecule has 150 valence electrons. The van der Waals surface area contributed by atoms with Gasteiger partial charge >= 0.3 is 0 Å². The second-order valence-corrected chi connectivity index (χ2v) is 7.58. The van der Waals surface area contributed by atoms with Crippen LogP contribution in [0.15, 0.2) is 42.5 Å². The summed E-state index contributed by atoms with van der Waals surface area (Å²) in [5.74, 6) is 0.773. The van der Waals surface area contributed by atoms with Gasteiger partial charge in [0.05, 0.1) is 0 Å². The number of nitrogens with zero attached hydrogens (tertiary/aromatic N) is 1. The van der Waals surface area contributed by atoms with Crippen LogP contribution in [-0.2, 0) is 11.2 Å². The van der Waals surface area contributed by atoms with Gasteiger partial charge in [-0.15, -0.1) is 0 Å². The Bertz CT molecular complexity index is 803. The molecule has 1 aliphatic heterocycles. The molecule has 0 spiro atoms. The van der Waals surface area contributed by atoms with Crippen LogP contribution in [0.3, 0.4) is 0 Å². The molecular formula is C24H32N2O2. The maximum atomic E-state index is 12.6. The van der Waals surface area contributed by atoms with Crippen molar-refractivity contribution in [2.24, 2.45) is 0 Å². The van der Waals surface area contributed by atoms with Crippen molar-refractivity contribution in [2.75, 3.05) is 24.5 Å². The number of benzene rings is 2. The molecule has 1 atom stereocenters. The molecule has 1 amide bonds. The van der Waals surface area contributed by atoms with Crippen molar-refractivity contribution in [3.05, 3.63) is 59.2 Å². The standard InChI is InChI=1S/C24H32N2O2/c1-4-22(28-23-14-7-10-18(2)19(23)3)24(27)25-15-9-17-26-16-8-12-20-11-5-6-13-21(20)26/h5-7,10-11,13-14,22H,4,8-9,12,15-17H2,1-3H3,(H,25,27)/t22-/m0/s1. The molecule has 0 saturated heterocycles. The fourth-order valence-corrected chi connectivity index (χ4v) is 3.77. The Labute approximate surface area is 168 Å². The lowest BCUT2D eigenvalue weighted by Crippen LogP contribution is -2.39. The summed E-state index contributed by atoms with van der Waals surface area (Å²) in [6.45, 7) is 8.81. The zero-order chi connectivity index (χ0) is 19.9. The van der Waals surface area contributed by atoms with E-state index < -0.39 is 6.10 Å². The molecule has 1 heterocycles. The van der Waals surface area contributed by atoms with Crippen LogP contribution in [0.5, 0.6) is 5.75 Å². The maximum absolute atomic E-state index is 12.6. The summed E-state index contributed by atoms with van der Waals surface area (Å²) in [7, 11) is 0. The van der Waals surface area contributed by atoms with Crippen molar-refractivity contribution >= 4 is 11.6 Å². The number of hydrogen-bond acceptors (Lipinski definition) is 3. The van der Waals surface area contributed by atoms with E-state index in [1.54, 1.807) is 0 Å². The normalized spacial score (nSPS) is 14.3. The Morgan fingerprint density at radius 3 is 2.82 bits per heavy atom. The van der Waals surface area contributed by atoms with E-state index in [0.717, 1.165) is 37.2 Å². The fourth-order valence-electron chi connectivity index (χ4n) is 3.77. The molecule has 0 unspecified atom stereocenters. The van der Waals surface area contributed by atoms with Crippen molar-refractivity contribution in [2.45, 2.75) is 52.6 Å². The molecule has 28 heavy (non-hydrogen) atoms. The van der Waals surface area contributed by atoms with Gasteiger partial charge in [-0.2, -0.15) is 0 Å². The number of para-hydroxylation sites is 1. The Kier molecular flexibility index (Phi) is 6.96. The number of carbonyl (C=O) groups excluding carboxylic acids is 1. The number of nitrogens with one attached hydrogen (secondary N) is 1. The predicted molar refractivity (Wildman–Crippen MR) is 115 cm³/mol. The number of anilines is 1. The summed E-state index contributed by atoms with van der Waals surface area (Å²) >= 11 is 0. The minimum absolute atomic E-state index is 0.0255. The second kappa shape index (κ2) is 9.63.